The van der Waals surface area contributed by atoms with E-state index in [1.54, 1.807) is 7.11 Å². The lowest BCUT2D eigenvalue weighted by molar-refractivity contribution is 0.0935. The van der Waals surface area contributed by atoms with Gasteiger partial charge in [0.15, 0.2) is 0 Å². The Kier molecular flexibility index (Phi) is 8.59. The molecule has 0 saturated carbocycles. The van der Waals surface area contributed by atoms with Crippen molar-refractivity contribution in [1.82, 2.24) is 10.2 Å². The first-order valence-corrected chi connectivity index (χ1v) is 12.9. The molecule has 4 nitrogen and oxygen atoms in total. The van der Waals surface area contributed by atoms with Gasteiger partial charge in [0.2, 0.25) is 0 Å². The number of amides is 1. The van der Waals surface area contributed by atoms with Crippen molar-refractivity contribution in [2.24, 2.45) is 5.92 Å². The summed E-state index contributed by atoms with van der Waals surface area (Å²) in [6.45, 7) is 7.35. The average Bonchev–Trinajstić information content (AvgIpc) is 2.89. The summed E-state index contributed by atoms with van der Waals surface area (Å²) in [5.74, 6) is 1.62. The molecule has 3 aromatic rings. The Morgan fingerprint density at radius 2 is 1.71 bits per heavy atom. The number of carbonyl (C=O) groups excluding carboxylic acids is 1. The van der Waals surface area contributed by atoms with Crippen LogP contribution in [0.3, 0.4) is 0 Å². The molecule has 0 radical (unpaired) electrons. The molecule has 1 amide bonds. The topological polar surface area (TPSA) is 41.6 Å². The maximum absolute atomic E-state index is 12.9. The summed E-state index contributed by atoms with van der Waals surface area (Å²) < 4.78 is 5.37. The van der Waals surface area contributed by atoms with Gasteiger partial charge in [-0.1, -0.05) is 61.5 Å². The Morgan fingerprint density at radius 1 is 1.00 bits per heavy atom. The van der Waals surface area contributed by atoms with Gasteiger partial charge in [-0.25, -0.2) is 0 Å². The smallest absolute Gasteiger partial charge is 0.251 e. The van der Waals surface area contributed by atoms with Gasteiger partial charge in [0.25, 0.3) is 5.91 Å². The summed E-state index contributed by atoms with van der Waals surface area (Å²) in [5, 5.41) is 3.20. The Balaban J connectivity index is 1.28. The largest absolute Gasteiger partial charge is 0.496 e. The number of nitrogens with zero attached hydrogens (tertiary/aromatic N) is 1. The highest BCUT2D eigenvalue weighted by Crippen LogP contribution is 2.25. The van der Waals surface area contributed by atoms with E-state index in [-0.39, 0.29) is 11.9 Å². The predicted octanol–water partition coefficient (Wildman–Crippen LogP) is 6.34. The second-order valence-electron chi connectivity index (χ2n) is 9.77. The molecule has 4 rings (SSSR count). The SMILES string of the molecule is CCC(NC(=O)c1ccc(CN2CCC(Cc3ccccc3)CC2)cc1)c1ccc(OC)c(C)c1. The zero-order valence-electron chi connectivity index (χ0n) is 21.3. The van der Waals surface area contributed by atoms with Crippen LogP contribution in [-0.4, -0.2) is 31.0 Å². The molecule has 1 saturated heterocycles. The van der Waals surface area contributed by atoms with Gasteiger partial charge in [-0.05, 0) is 92.1 Å². The number of ether oxygens (including phenoxy) is 1. The number of likely N-dealkylation sites (tertiary alicyclic amines) is 1. The van der Waals surface area contributed by atoms with Gasteiger partial charge < -0.3 is 10.1 Å². The summed E-state index contributed by atoms with van der Waals surface area (Å²) in [4.78, 5) is 15.5. The lowest BCUT2D eigenvalue weighted by Gasteiger charge is -2.32. The third kappa shape index (κ3) is 6.73. The molecule has 0 spiro atoms. The van der Waals surface area contributed by atoms with E-state index in [4.69, 9.17) is 4.74 Å². The predicted molar refractivity (Wildman–Crippen MR) is 143 cm³/mol. The molecular weight excluding hydrogens is 432 g/mol. The highest BCUT2D eigenvalue weighted by atomic mass is 16.5. The van der Waals surface area contributed by atoms with E-state index >= 15 is 0 Å². The van der Waals surface area contributed by atoms with Crippen molar-refractivity contribution >= 4 is 5.91 Å². The van der Waals surface area contributed by atoms with Gasteiger partial charge in [-0.2, -0.15) is 0 Å². The first-order valence-electron chi connectivity index (χ1n) is 12.9. The van der Waals surface area contributed by atoms with Crippen LogP contribution in [0.4, 0.5) is 0 Å². The molecule has 3 aromatic carbocycles. The van der Waals surface area contributed by atoms with Crippen molar-refractivity contribution in [1.29, 1.82) is 0 Å². The Labute approximate surface area is 210 Å². The summed E-state index contributed by atoms with van der Waals surface area (Å²) in [6, 6.07) is 25.0. The fourth-order valence-electron chi connectivity index (χ4n) is 5.10. The molecule has 184 valence electrons. The van der Waals surface area contributed by atoms with Crippen LogP contribution in [0.2, 0.25) is 0 Å². The van der Waals surface area contributed by atoms with Crippen LogP contribution in [0.1, 0.15) is 64.8 Å². The van der Waals surface area contributed by atoms with E-state index in [1.165, 1.54) is 30.4 Å². The quantitative estimate of drug-likeness (QED) is 0.397. The van der Waals surface area contributed by atoms with Gasteiger partial charge in [0.1, 0.15) is 5.75 Å². The number of nitrogens with one attached hydrogen (secondary N) is 1. The molecule has 1 aliphatic heterocycles. The minimum atomic E-state index is -0.0291. The molecule has 1 atom stereocenters. The molecule has 1 fully saturated rings. The van der Waals surface area contributed by atoms with Crippen molar-refractivity contribution in [2.75, 3.05) is 20.2 Å². The monoisotopic (exact) mass is 470 g/mol. The van der Waals surface area contributed by atoms with E-state index in [9.17, 15) is 4.79 Å². The summed E-state index contributed by atoms with van der Waals surface area (Å²) >= 11 is 0. The van der Waals surface area contributed by atoms with Crippen molar-refractivity contribution in [2.45, 2.75) is 52.1 Å². The van der Waals surface area contributed by atoms with Crippen LogP contribution >= 0.6 is 0 Å². The molecule has 35 heavy (non-hydrogen) atoms. The maximum atomic E-state index is 12.9. The minimum absolute atomic E-state index is 0.0241. The standard InChI is InChI=1S/C31H38N2O2/c1-4-29(28-14-15-30(35-3)23(2)20-28)32-31(34)27-12-10-26(11-13-27)22-33-18-16-25(17-19-33)21-24-8-6-5-7-9-24/h5-15,20,25,29H,4,16-19,21-22H2,1-3H3,(H,32,34). The number of hydrogen-bond acceptors (Lipinski definition) is 3. The lowest BCUT2D eigenvalue weighted by Crippen LogP contribution is -2.33. The van der Waals surface area contributed by atoms with E-state index in [0.717, 1.165) is 48.8 Å². The zero-order valence-corrected chi connectivity index (χ0v) is 21.3. The average molecular weight is 471 g/mol. The zero-order chi connectivity index (χ0) is 24.6. The van der Waals surface area contributed by atoms with Crippen LogP contribution in [0.25, 0.3) is 0 Å². The Morgan fingerprint density at radius 3 is 2.34 bits per heavy atom. The molecule has 0 aromatic heterocycles. The van der Waals surface area contributed by atoms with Crippen molar-refractivity contribution in [3.8, 4) is 5.75 Å². The summed E-state index contributed by atoms with van der Waals surface area (Å²) in [5.41, 5.74) is 5.60. The van der Waals surface area contributed by atoms with Crippen molar-refractivity contribution in [3.63, 3.8) is 0 Å². The van der Waals surface area contributed by atoms with Gasteiger partial charge in [0, 0.05) is 12.1 Å². The molecule has 1 N–H and O–H groups in total. The molecule has 1 unspecified atom stereocenters. The van der Waals surface area contributed by atoms with Gasteiger partial charge >= 0.3 is 0 Å². The first-order chi connectivity index (χ1) is 17.1. The lowest BCUT2D eigenvalue weighted by atomic mass is 9.90. The van der Waals surface area contributed by atoms with E-state index in [0.29, 0.717) is 5.56 Å². The number of methoxy groups -OCH3 is 1. The van der Waals surface area contributed by atoms with E-state index in [1.807, 2.05) is 31.2 Å². The fraction of sp³-hybridized carbons (Fsp3) is 0.387. The number of benzene rings is 3. The number of piperidine rings is 1. The highest BCUT2D eigenvalue weighted by molar-refractivity contribution is 5.94. The van der Waals surface area contributed by atoms with E-state index < -0.39 is 0 Å². The second-order valence-corrected chi connectivity index (χ2v) is 9.77. The van der Waals surface area contributed by atoms with Gasteiger partial charge in [-0.3, -0.25) is 9.69 Å². The molecule has 1 aliphatic rings. The molecule has 4 heteroatoms. The number of hydrogen-bond donors (Lipinski definition) is 1. The maximum Gasteiger partial charge on any atom is 0.251 e. The van der Waals surface area contributed by atoms with Crippen LogP contribution in [-0.2, 0) is 13.0 Å². The minimum Gasteiger partial charge on any atom is -0.496 e. The summed E-state index contributed by atoms with van der Waals surface area (Å²) in [6.07, 6.45) is 4.51. The third-order valence-corrected chi connectivity index (χ3v) is 7.23. The Hall–Kier alpha value is -3.11. The normalized spacial score (nSPS) is 15.5. The number of carbonyl (C=O) groups is 1. The van der Waals surface area contributed by atoms with Crippen molar-refractivity contribution in [3.05, 3.63) is 101 Å². The van der Waals surface area contributed by atoms with Crippen molar-refractivity contribution < 1.29 is 9.53 Å². The van der Waals surface area contributed by atoms with E-state index in [2.05, 4.69) is 65.7 Å². The number of rotatable bonds is 9. The number of aryl methyl sites for hydroxylation is 1. The Bertz CT molecular complexity index is 1090. The molecule has 0 bridgehead atoms. The van der Waals surface area contributed by atoms with Crippen LogP contribution < -0.4 is 10.1 Å². The fourth-order valence-corrected chi connectivity index (χ4v) is 5.10. The molecule has 1 heterocycles. The second kappa shape index (κ2) is 12.0. The summed E-state index contributed by atoms with van der Waals surface area (Å²) in [7, 11) is 1.68. The van der Waals surface area contributed by atoms with Crippen LogP contribution in [0, 0.1) is 12.8 Å². The molecule has 0 aliphatic carbocycles. The first kappa shape index (κ1) is 25.0. The third-order valence-electron chi connectivity index (χ3n) is 7.23. The van der Waals surface area contributed by atoms with Gasteiger partial charge in [0.05, 0.1) is 13.2 Å². The highest BCUT2D eigenvalue weighted by Gasteiger charge is 2.20. The van der Waals surface area contributed by atoms with Crippen LogP contribution in [0.15, 0.2) is 72.8 Å². The van der Waals surface area contributed by atoms with Crippen LogP contribution in [0.5, 0.6) is 5.75 Å². The van der Waals surface area contributed by atoms with Gasteiger partial charge in [-0.15, -0.1) is 0 Å². The molecular formula is C31H38N2O2.